The molecule has 0 saturated heterocycles. The van der Waals surface area contributed by atoms with E-state index >= 15 is 0 Å². The van der Waals surface area contributed by atoms with Crippen molar-refractivity contribution in [3.63, 3.8) is 0 Å². The summed E-state index contributed by atoms with van der Waals surface area (Å²) in [5, 5.41) is 0. The van der Waals surface area contributed by atoms with Crippen LogP contribution in [0.2, 0.25) is 0 Å². The fourth-order valence-corrected chi connectivity index (χ4v) is 2.96. The second-order valence-electron chi connectivity index (χ2n) is 4.60. The van der Waals surface area contributed by atoms with Crippen LogP contribution in [0, 0.1) is 0 Å². The van der Waals surface area contributed by atoms with Crippen LogP contribution in [0.3, 0.4) is 0 Å². The Morgan fingerprint density at radius 1 is 1.28 bits per heavy atom. The molecule has 2 N–H and O–H groups in total. The number of hydrogen-bond donors (Lipinski definition) is 1. The van der Waals surface area contributed by atoms with E-state index in [1.165, 1.54) is 0 Å². The van der Waals surface area contributed by atoms with Crippen molar-refractivity contribution in [3.8, 4) is 0 Å². The van der Waals surface area contributed by atoms with E-state index in [2.05, 4.69) is 0 Å². The summed E-state index contributed by atoms with van der Waals surface area (Å²) in [6, 6.07) is 6.37. The molecule has 0 atom stereocenters. The lowest BCUT2D eigenvalue weighted by Gasteiger charge is -2.47. The molecule has 1 saturated carbocycles. The summed E-state index contributed by atoms with van der Waals surface area (Å²) in [7, 11) is 0. The highest BCUT2D eigenvalue weighted by molar-refractivity contribution is 7.99. The zero-order valence-electron chi connectivity index (χ0n) is 9.51. The first-order valence-electron chi connectivity index (χ1n) is 5.50. The van der Waals surface area contributed by atoms with Crippen LogP contribution in [0.1, 0.15) is 18.4 Å². The molecular weight excluding hydrogens is 266 g/mol. The van der Waals surface area contributed by atoms with E-state index in [9.17, 15) is 17.6 Å². The fraction of sp³-hybridized carbons (Fsp3) is 0.500. The SMILES string of the molecule is NCC1(c2cccc(SC(F)F)c2)CC(F)(F)C1. The van der Waals surface area contributed by atoms with E-state index in [0.717, 1.165) is 0 Å². The minimum Gasteiger partial charge on any atom is -0.330 e. The van der Waals surface area contributed by atoms with Gasteiger partial charge in [0.2, 0.25) is 5.92 Å². The van der Waals surface area contributed by atoms with Crippen LogP contribution in [0.25, 0.3) is 0 Å². The Hall–Kier alpha value is -0.750. The molecule has 1 fully saturated rings. The maximum absolute atomic E-state index is 13.0. The summed E-state index contributed by atoms with van der Waals surface area (Å²) in [6.07, 6.45) is -0.613. The molecule has 100 valence electrons. The van der Waals surface area contributed by atoms with E-state index in [0.29, 0.717) is 22.2 Å². The average molecular weight is 279 g/mol. The second-order valence-corrected chi connectivity index (χ2v) is 5.66. The highest BCUT2D eigenvalue weighted by Gasteiger charge is 2.56. The number of alkyl halides is 4. The molecule has 0 spiro atoms. The van der Waals surface area contributed by atoms with Crippen LogP contribution in [0.5, 0.6) is 0 Å². The molecule has 2 rings (SSSR count). The molecule has 0 amide bonds. The largest absolute Gasteiger partial charge is 0.330 e. The van der Waals surface area contributed by atoms with Gasteiger partial charge in [0.05, 0.1) is 0 Å². The summed E-state index contributed by atoms with van der Waals surface area (Å²) >= 11 is 0.412. The standard InChI is InChI=1S/C12H13F4NS/c13-10(14)18-9-3-1-2-8(4-9)11(7-17)5-12(15,16)6-11/h1-4,10H,5-7,17H2. The summed E-state index contributed by atoms with van der Waals surface area (Å²) in [4.78, 5) is 0.380. The third-order valence-corrected chi connectivity index (χ3v) is 3.96. The molecular formula is C12H13F4NS. The Kier molecular flexibility index (Phi) is 3.60. The molecule has 1 aliphatic rings. The Balaban J connectivity index is 2.22. The lowest BCUT2D eigenvalue weighted by molar-refractivity contribution is -0.123. The van der Waals surface area contributed by atoms with Crippen molar-refractivity contribution < 1.29 is 17.6 Å². The molecule has 1 aromatic carbocycles. The molecule has 0 unspecified atom stereocenters. The van der Waals surface area contributed by atoms with Crippen LogP contribution in [0.4, 0.5) is 17.6 Å². The third-order valence-electron chi connectivity index (χ3n) is 3.26. The van der Waals surface area contributed by atoms with Crippen molar-refractivity contribution in [2.45, 2.75) is 34.8 Å². The quantitative estimate of drug-likeness (QED) is 0.673. The second kappa shape index (κ2) is 4.74. The van der Waals surface area contributed by atoms with E-state index in [1.807, 2.05) is 0 Å². The number of halogens is 4. The highest BCUT2D eigenvalue weighted by atomic mass is 32.2. The summed E-state index contributed by atoms with van der Waals surface area (Å²) in [6.45, 7) is 0.103. The Morgan fingerprint density at radius 3 is 2.44 bits per heavy atom. The van der Waals surface area contributed by atoms with Gasteiger partial charge in [-0.2, -0.15) is 8.78 Å². The van der Waals surface area contributed by atoms with Crippen LogP contribution in [-0.2, 0) is 5.41 Å². The molecule has 1 nitrogen and oxygen atoms in total. The molecule has 0 bridgehead atoms. The number of benzene rings is 1. The van der Waals surface area contributed by atoms with Crippen molar-refractivity contribution in [2.75, 3.05) is 6.54 Å². The van der Waals surface area contributed by atoms with Crippen LogP contribution in [-0.4, -0.2) is 18.2 Å². The first kappa shape index (κ1) is 13.7. The molecule has 0 heterocycles. The molecule has 1 aliphatic carbocycles. The van der Waals surface area contributed by atoms with Gasteiger partial charge in [0, 0.05) is 29.7 Å². The lowest BCUT2D eigenvalue weighted by Crippen LogP contribution is -2.53. The summed E-state index contributed by atoms with van der Waals surface area (Å²) < 4.78 is 50.6. The van der Waals surface area contributed by atoms with Gasteiger partial charge >= 0.3 is 0 Å². The van der Waals surface area contributed by atoms with E-state index < -0.39 is 17.1 Å². The first-order valence-corrected chi connectivity index (χ1v) is 6.38. The van der Waals surface area contributed by atoms with Crippen molar-refractivity contribution >= 4 is 11.8 Å². The van der Waals surface area contributed by atoms with Crippen LogP contribution >= 0.6 is 11.8 Å². The molecule has 0 aliphatic heterocycles. The molecule has 6 heteroatoms. The van der Waals surface area contributed by atoms with Gasteiger partial charge < -0.3 is 5.73 Å². The number of rotatable bonds is 4. The number of thioether (sulfide) groups is 1. The van der Waals surface area contributed by atoms with Gasteiger partial charge in [-0.05, 0) is 17.7 Å². The third kappa shape index (κ3) is 2.64. The van der Waals surface area contributed by atoms with Crippen LogP contribution in [0.15, 0.2) is 29.2 Å². The van der Waals surface area contributed by atoms with Crippen LogP contribution < -0.4 is 5.73 Å². The molecule has 1 aromatic rings. The normalized spacial score (nSPS) is 20.8. The van der Waals surface area contributed by atoms with Gasteiger partial charge in [0.15, 0.2) is 0 Å². The summed E-state index contributed by atoms with van der Waals surface area (Å²) in [5.74, 6) is -5.21. The first-order chi connectivity index (χ1) is 8.37. The Bertz CT molecular complexity index is 428. The van der Waals surface area contributed by atoms with E-state index in [1.54, 1.807) is 24.3 Å². The van der Waals surface area contributed by atoms with Gasteiger partial charge in [-0.25, -0.2) is 8.78 Å². The van der Waals surface area contributed by atoms with Crippen molar-refractivity contribution in [1.29, 1.82) is 0 Å². The van der Waals surface area contributed by atoms with Gasteiger partial charge in [-0.15, -0.1) is 0 Å². The van der Waals surface area contributed by atoms with Gasteiger partial charge in [0.25, 0.3) is 5.76 Å². The fourth-order valence-electron chi connectivity index (χ4n) is 2.41. The predicted molar refractivity (Wildman–Crippen MR) is 63.2 cm³/mol. The van der Waals surface area contributed by atoms with Gasteiger partial charge in [0.1, 0.15) is 0 Å². The summed E-state index contributed by atoms with van der Waals surface area (Å²) in [5.41, 5.74) is 5.45. The Morgan fingerprint density at radius 2 is 1.94 bits per heavy atom. The zero-order valence-corrected chi connectivity index (χ0v) is 10.3. The average Bonchev–Trinajstić information content (AvgIpc) is 2.24. The molecule has 0 aromatic heterocycles. The molecule has 0 radical (unpaired) electrons. The van der Waals surface area contributed by atoms with Gasteiger partial charge in [-0.3, -0.25) is 0 Å². The zero-order chi connectivity index (χ0) is 13.4. The minimum atomic E-state index is -2.69. The Labute approximate surface area is 107 Å². The number of nitrogens with two attached hydrogens (primary N) is 1. The number of hydrogen-bond acceptors (Lipinski definition) is 2. The highest BCUT2D eigenvalue weighted by Crippen LogP contribution is 2.53. The smallest absolute Gasteiger partial charge is 0.288 e. The topological polar surface area (TPSA) is 26.0 Å². The van der Waals surface area contributed by atoms with E-state index in [-0.39, 0.29) is 19.4 Å². The lowest BCUT2D eigenvalue weighted by atomic mass is 9.62. The predicted octanol–water partition coefficient (Wildman–Crippen LogP) is 3.63. The van der Waals surface area contributed by atoms with Crippen molar-refractivity contribution in [3.05, 3.63) is 29.8 Å². The minimum absolute atomic E-state index is 0.103. The molecule has 18 heavy (non-hydrogen) atoms. The van der Waals surface area contributed by atoms with Crippen molar-refractivity contribution in [1.82, 2.24) is 0 Å². The maximum Gasteiger partial charge on any atom is 0.288 e. The van der Waals surface area contributed by atoms with Crippen molar-refractivity contribution in [2.24, 2.45) is 5.73 Å². The maximum atomic E-state index is 13.0. The van der Waals surface area contributed by atoms with Gasteiger partial charge in [-0.1, -0.05) is 23.9 Å². The monoisotopic (exact) mass is 279 g/mol. The van der Waals surface area contributed by atoms with E-state index in [4.69, 9.17) is 5.73 Å².